The maximum atomic E-state index is 12.9. The van der Waals surface area contributed by atoms with Crippen molar-refractivity contribution in [2.75, 3.05) is 18.8 Å². The van der Waals surface area contributed by atoms with Crippen LogP contribution in [0, 0.1) is 11.8 Å². The highest BCUT2D eigenvalue weighted by molar-refractivity contribution is 7.89. The molecular weight excluding hydrogens is 396 g/mol. The smallest absolute Gasteiger partial charge is 0.214 e. The second-order valence-electron chi connectivity index (χ2n) is 9.26. The Morgan fingerprint density at radius 3 is 2.77 bits per heavy atom. The minimum absolute atomic E-state index is 0.265. The van der Waals surface area contributed by atoms with E-state index in [9.17, 15) is 8.42 Å². The summed E-state index contributed by atoms with van der Waals surface area (Å²) < 4.78 is 27.6. The van der Waals surface area contributed by atoms with Crippen molar-refractivity contribution in [3.8, 4) is 0 Å². The van der Waals surface area contributed by atoms with Crippen LogP contribution in [-0.2, 0) is 10.0 Å². The number of aromatic nitrogens is 3. The first-order chi connectivity index (χ1) is 14.5. The first-order valence-corrected chi connectivity index (χ1v) is 12.8. The lowest BCUT2D eigenvalue weighted by Crippen LogP contribution is -2.41. The normalized spacial score (nSPS) is 26.4. The summed E-state index contributed by atoms with van der Waals surface area (Å²) >= 11 is 0. The van der Waals surface area contributed by atoms with Gasteiger partial charge < -0.3 is 4.98 Å². The van der Waals surface area contributed by atoms with E-state index in [1.807, 2.05) is 24.7 Å². The predicted octanol–water partition coefficient (Wildman–Crippen LogP) is 4.45. The largest absolute Gasteiger partial charge is 0.364 e. The number of sulfonamides is 1. The van der Waals surface area contributed by atoms with Crippen LogP contribution in [-0.4, -0.2) is 46.5 Å². The highest BCUT2D eigenvalue weighted by atomic mass is 32.2. The number of pyridine rings is 2. The Labute approximate surface area is 178 Å². The quantitative estimate of drug-likeness (QED) is 0.669. The van der Waals surface area contributed by atoms with Gasteiger partial charge in [0, 0.05) is 53.5 Å². The number of fused-ring (bicyclic) bond motifs is 3. The highest BCUT2D eigenvalue weighted by Crippen LogP contribution is 2.39. The van der Waals surface area contributed by atoms with Crippen molar-refractivity contribution < 1.29 is 8.42 Å². The molecule has 0 radical (unpaired) electrons. The monoisotopic (exact) mass is 426 g/mol. The van der Waals surface area contributed by atoms with Crippen LogP contribution in [0.1, 0.15) is 57.1 Å². The number of hydrogen-bond acceptors (Lipinski definition) is 4. The second kappa shape index (κ2) is 7.93. The third-order valence-corrected chi connectivity index (χ3v) is 9.06. The van der Waals surface area contributed by atoms with E-state index in [4.69, 9.17) is 0 Å². The van der Waals surface area contributed by atoms with Crippen LogP contribution in [0.3, 0.4) is 0 Å². The van der Waals surface area contributed by atoms with E-state index in [2.05, 4.69) is 27.9 Å². The van der Waals surface area contributed by atoms with Gasteiger partial charge in [0.25, 0.3) is 0 Å². The molecule has 4 heterocycles. The van der Waals surface area contributed by atoms with Gasteiger partial charge in [-0.05, 0) is 68.4 Å². The Hall–Kier alpha value is -1.99. The van der Waals surface area contributed by atoms with E-state index < -0.39 is 10.0 Å². The molecule has 160 valence electrons. The summed E-state index contributed by atoms with van der Waals surface area (Å²) in [6.45, 7) is 3.55. The number of piperidine rings is 1. The molecule has 1 aliphatic heterocycles. The summed E-state index contributed by atoms with van der Waals surface area (Å²) in [5.41, 5.74) is 2.04. The van der Waals surface area contributed by atoms with Crippen LogP contribution in [0.2, 0.25) is 0 Å². The van der Waals surface area contributed by atoms with Crippen molar-refractivity contribution in [2.24, 2.45) is 11.8 Å². The molecule has 0 aromatic carbocycles. The Bertz CT molecular complexity index is 1150. The van der Waals surface area contributed by atoms with Gasteiger partial charge in [0.2, 0.25) is 10.0 Å². The van der Waals surface area contributed by atoms with Gasteiger partial charge in [-0.15, -0.1) is 0 Å². The lowest BCUT2D eigenvalue weighted by atomic mass is 9.80. The number of aromatic amines is 1. The number of nitrogens with one attached hydrogen (secondary N) is 1. The molecule has 1 N–H and O–H groups in total. The third kappa shape index (κ3) is 3.73. The van der Waals surface area contributed by atoms with Crippen molar-refractivity contribution >= 4 is 31.8 Å². The Kier molecular flexibility index (Phi) is 5.27. The van der Waals surface area contributed by atoms with Crippen molar-refractivity contribution in [3.05, 3.63) is 36.4 Å². The first-order valence-electron chi connectivity index (χ1n) is 11.2. The average Bonchev–Trinajstić information content (AvgIpc) is 3.23. The van der Waals surface area contributed by atoms with E-state index in [0.29, 0.717) is 30.7 Å². The molecule has 1 aliphatic carbocycles. The molecule has 1 saturated heterocycles. The molecule has 0 amide bonds. The maximum absolute atomic E-state index is 12.9. The molecule has 1 atom stereocenters. The Balaban J connectivity index is 1.31. The SMILES string of the molecule is CC1CCCN(S(=O)(=O)CC2CCC(c3[nH]ccc4cnc5nccc5c34)CC2)C1. The zero-order valence-corrected chi connectivity index (χ0v) is 18.4. The summed E-state index contributed by atoms with van der Waals surface area (Å²) in [6, 6.07) is 4.11. The van der Waals surface area contributed by atoms with Gasteiger partial charge in [0.15, 0.2) is 5.65 Å². The van der Waals surface area contributed by atoms with Gasteiger partial charge in [-0.25, -0.2) is 22.7 Å². The molecular formula is C23H30N4O2S. The molecule has 5 rings (SSSR count). The van der Waals surface area contributed by atoms with Crippen LogP contribution in [0.25, 0.3) is 21.8 Å². The molecule has 3 aromatic heterocycles. The molecule has 2 aliphatic rings. The number of rotatable bonds is 4. The van der Waals surface area contributed by atoms with Crippen LogP contribution >= 0.6 is 0 Å². The van der Waals surface area contributed by atoms with Crippen molar-refractivity contribution in [2.45, 2.75) is 51.4 Å². The molecule has 2 fully saturated rings. The van der Waals surface area contributed by atoms with Crippen molar-refractivity contribution in [1.29, 1.82) is 0 Å². The fourth-order valence-corrected chi connectivity index (χ4v) is 7.47. The molecule has 30 heavy (non-hydrogen) atoms. The van der Waals surface area contributed by atoms with Gasteiger partial charge >= 0.3 is 0 Å². The van der Waals surface area contributed by atoms with Gasteiger partial charge in [-0.3, -0.25) is 0 Å². The Morgan fingerprint density at radius 1 is 1.13 bits per heavy atom. The summed E-state index contributed by atoms with van der Waals surface area (Å²) in [5.74, 6) is 1.47. The molecule has 3 aromatic rings. The van der Waals surface area contributed by atoms with E-state index in [-0.39, 0.29) is 5.92 Å². The fraction of sp³-hybridized carbons (Fsp3) is 0.565. The van der Waals surface area contributed by atoms with Crippen LogP contribution < -0.4 is 0 Å². The fourth-order valence-electron chi connectivity index (χ4n) is 5.44. The predicted molar refractivity (Wildman–Crippen MR) is 120 cm³/mol. The molecule has 0 bridgehead atoms. The number of H-pyrrole nitrogens is 1. The van der Waals surface area contributed by atoms with E-state index in [1.54, 1.807) is 4.31 Å². The summed E-state index contributed by atoms with van der Waals surface area (Å²) in [4.78, 5) is 12.3. The summed E-state index contributed by atoms with van der Waals surface area (Å²) in [6.07, 6.45) is 11.8. The standard InChI is InChI=1S/C23H30N4O2S/c1-16-3-2-12-27(14-16)30(28,29)15-17-4-6-18(7-5-17)22-21-19(8-10-24-22)13-26-23-20(21)9-11-25-23/h8-11,13,16-18,24H,2-7,12,14-15H2,1H3. The zero-order chi connectivity index (χ0) is 20.7. The Morgan fingerprint density at radius 2 is 1.97 bits per heavy atom. The first kappa shape index (κ1) is 19.9. The lowest BCUT2D eigenvalue weighted by molar-refractivity contribution is 0.275. The molecule has 1 saturated carbocycles. The van der Waals surface area contributed by atoms with Crippen molar-refractivity contribution in [3.63, 3.8) is 0 Å². The molecule has 7 heteroatoms. The molecule has 0 spiro atoms. The minimum atomic E-state index is -3.14. The molecule has 1 unspecified atom stereocenters. The minimum Gasteiger partial charge on any atom is -0.364 e. The van der Waals surface area contributed by atoms with Crippen molar-refractivity contribution in [1.82, 2.24) is 19.3 Å². The van der Waals surface area contributed by atoms with E-state index in [0.717, 1.165) is 54.9 Å². The van der Waals surface area contributed by atoms with E-state index in [1.165, 1.54) is 11.1 Å². The summed E-state index contributed by atoms with van der Waals surface area (Å²) in [7, 11) is -3.14. The second-order valence-corrected chi connectivity index (χ2v) is 11.3. The van der Waals surface area contributed by atoms with Crippen LogP contribution in [0.5, 0.6) is 0 Å². The third-order valence-electron chi connectivity index (χ3n) is 7.05. The topological polar surface area (TPSA) is 79.0 Å². The van der Waals surface area contributed by atoms with Gasteiger partial charge in [-0.1, -0.05) is 6.92 Å². The lowest BCUT2D eigenvalue weighted by Gasteiger charge is -2.33. The van der Waals surface area contributed by atoms with Gasteiger partial charge in [-0.2, -0.15) is 0 Å². The van der Waals surface area contributed by atoms with Gasteiger partial charge in [0.1, 0.15) is 0 Å². The van der Waals surface area contributed by atoms with Crippen LogP contribution in [0.4, 0.5) is 0 Å². The summed E-state index contributed by atoms with van der Waals surface area (Å²) in [5, 5.41) is 3.45. The maximum Gasteiger partial charge on any atom is 0.214 e. The zero-order valence-electron chi connectivity index (χ0n) is 17.5. The average molecular weight is 427 g/mol. The van der Waals surface area contributed by atoms with Crippen LogP contribution in [0.15, 0.2) is 30.7 Å². The van der Waals surface area contributed by atoms with E-state index >= 15 is 0 Å². The number of nitrogens with zero attached hydrogens (tertiary/aromatic N) is 3. The molecule has 6 nitrogen and oxygen atoms in total. The highest BCUT2D eigenvalue weighted by Gasteiger charge is 2.32. The van der Waals surface area contributed by atoms with Gasteiger partial charge in [0.05, 0.1) is 5.75 Å². The number of hydrogen-bond donors (Lipinski definition) is 1.